The van der Waals surface area contributed by atoms with Gasteiger partial charge in [-0.25, -0.2) is 4.57 Å². The van der Waals surface area contributed by atoms with Gasteiger partial charge in [0.1, 0.15) is 6.54 Å². The van der Waals surface area contributed by atoms with E-state index >= 15 is 0 Å². The number of carbonyl (C=O) groups excluding carboxylic acids is 1. The van der Waals surface area contributed by atoms with E-state index in [0.29, 0.717) is 13.0 Å². The van der Waals surface area contributed by atoms with Crippen molar-refractivity contribution in [2.45, 2.75) is 39.3 Å². The summed E-state index contributed by atoms with van der Waals surface area (Å²) in [6.07, 6.45) is 6.64. The Balaban J connectivity index is 1.60. The van der Waals surface area contributed by atoms with E-state index in [4.69, 9.17) is 0 Å². The van der Waals surface area contributed by atoms with Gasteiger partial charge in [0.05, 0.1) is 0 Å². The Morgan fingerprint density at radius 1 is 1.05 bits per heavy atom. The number of hydrogen-bond acceptors (Lipinski definition) is 1. The molecule has 1 heterocycles. The van der Waals surface area contributed by atoms with Gasteiger partial charge >= 0.3 is 0 Å². The largest absolute Gasteiger partial charge is 0.352 e. The van der Waals surface area contributed by atoms with Crippen LogP contribution >= 0.6 is 0 Å². The smallest absolute Gasteiger partial charge is 0.220 e. The van der Waals surface area contributed by atoms with E-state index in [1.807, 2.05) is 18.2 Å². The summed E-state index contributed by atoms with van der Waals surface area (Å²) >= 11 is 0. The monoisotopic (exact) mass is 283 g/mol. The highest BCUT2D eigenvalue weighted by Gasteiger charge is 2.03. The van der Waals surface area contributed by atoms with Crippen LogP contribution in [0.4, 0.5) is 0 Å². The van der Waals surface area contributed by atoms with Gasteiger partial charge in [0.2, 0.25) is 5.91 Å². The Labute approximate surface area is 126 Å². The molecule has 0 atom stereocenters. The average Bonchev–Trinajstić information content (AvgIpc) is 2.52. The Kier molecular flexibility index (Phi) is 5.95. The van der Waals surface area contributed by atoms with E-state index in [0.717, 1.165) is 24.9 Å². The molecule has 2 aromatic rings. The number of unbranched alkanes of at least 4 members (excludes halogenated alkanes) is 1. The molecule has 0 unspecified atom stereocenters. The van der Waals surface area contributed by atoms with E-state index in [9.17, 15) is 4.79 Å². The summed E-state index contributed by atoms with van der Waals surface area (Å²) in [5.74, 6) is 0.133. The maximum Gasteiger partial charge on any atom is 0.220 e. The highest BCUT2D eigenvalue weighted by Crippen LogP contribution is 2.03. The minimum absolute atomic E-state index is 0.133. The number of pyridine rings is 1. The molecule has 21 heavy (non-hydrogen) atoms. The van der Waals surface area contributed by atoms with Gasteiger partial charge in [-0.1, -0.05) is 35.9 Å². The average molecular weight is 283 g/mol. The standard InChI is InChI=1S/C18H22N2O/c1-16-8-10-17(11-9-16)15-19-18(21)7-3-6-14-20-12-4-2-5-13-20/h2,4-5,8-13H,3,6-7,14-15H2,1H3/p+1. The van der Waals surface area contributed by atoms with Crippen molar-refractivity contribution in [3.05, 3.63) is 66.0 Å². The summed E-state index contributed by atoms with van der Waals surface area (Å²) in [5, 5.41) is 2.97. The normalized spacial score (nSPS) is 10.3. The van der Waals surface area contributed by atoms with E-state index in [1.54, 1.807) is 0 Å². The van der Waals surface area contributed by atoms with Crippen LogP contribution in [0.15, 0.2) is 54.9 Å². The van der Waals surface area contributed by atoms with Gasteiger partial charge in [0.15, 0.2) is 12.4 Å². The van der Waals surface area contributed by atoms with Crippen molar-refractivity contribution in [2.24, 2.45) is 0 Å². The predicted octanol–water partition coefficient (Wildman–Crippen LogP) is 2.77. The SMILES string of the molecule is Cc1ccc(CNC(=O)CCCC[n+]2ccccc2)cc1. The second-order valence-corrected chi connectivity index (χ2v) is 5.33. The van der Waals surface area contributed by atoms with Crippen molar-refractivity contribution < 1.29 is 9.36 Å². The molecule has 1 N–H and O–H groups in total. The highest BCUT2D eigenvalue weighted by atomic mass is 16.1. The van der Waals surface area contributed by atoms with E-state index in [2.05, 4.69) is 53.5 Å². The lowest BCUT2D eigenvalue weighted by Crippen LogP contribution is -2.32. The van der Waals surface area contributed by atoms with Crippen molar-refractivity contribution in [3.63, 3.8) is 0 Å². The van der Waals surface area contributed by atoms with Crippen molar-refractivity contribution >= 4 is 5.91 Å². The Hall–Kier alpha value is -2.16. The van der Waals surface area contributed by atoms with Gasteiger partial charge in [0, 0.05) is 31.5 Å². The lowest BCUT2D eigenvalue weighted by molar-refractivity contribution is -0.697. The molecule has 3 heteroatoms. The number of nitrogens with one attached hydrogen (secondary N) is 1. The van der Waals surface area contributed by atoms with Crippen LogP contribution < -0.4 is 9.88 Å². The summed E-state index contributed by atoms with van der Waals surface area (Å²) < 4.78 is 2.14. The number of hydrogen-bond donors (Lipinski definition) is 1. The molecule has 110 valence electrons. The lowest BCUT2D eigenvalue weighted by Gasteiger charge is -2.05. The number of carbonyl (C=O) groups is 1. The van der Waals surface area contributed by atoms with Crippen molar-refractivity contribution in [2.75, 3.05) is 0 Å². The van der Waals surface area contributed by atoms with Gasteiger partial charge in [-0.15, -0.1) is 0 Å². The third-order valence-corrected chi connectivity index (χ3v) is 3.46. The van der Waals surface area contributed by atoms with Crippen LogP contribution in [0.25, 0.3) is 0 Å². The van der Waals surface area contributed by atoms with Gasteiger partial charge in [-0.2, -0.15) is 0 Å². The quantitative estimate of drug-likeness (QED) is 0.615. The van der Waals surface area contributed by atoms with E-state index in [1.165, 1.54) is 5.56 Å². The molecule has 3 nitrogen and oxygen atoms in total. The number of nitrogens with zero attached hydrogens (tertiary/aromatic N) is 1. The van der Waals surface area contributed by atoms with Crippen LogP contribution in [0.5, 0.6) is 0 Å². The first-order valence-electron chi connectivity index (χ1n) is 7.50. The number of benzene rings is 1. The fourth-order valence-electron chi connectivity index (χ4n) is 2.16. The number of aromatic nitrogens is 1. The van der Waals surface area contributed by atoms with Crippen LogP contribution in [-0.4, -0.2) is 5.91 Å². The Bertz CT molecular complexity index is 549. The Morgan fingerprint density at radius 3 is 2.48 bits per heavy atom. The van der Waals surface area contributed by atoms with Gasteiger partial charge in [-0.05, 0) is 18.9 Å². The fraction of sp³-hybridized carbons (Fsp3) is 0.333. The van der Waals surface area contributed by atoms with Crippen LogP contribution in [0.2, 0.25) is 0 Å². The fourth-order valence-corrected chi connectivity index (χ4v) is 2.16. The molecule has 0 saturated carbocycles. The molecule has 0 fully saturated rings. The molecular weight excluding hydrogens is 260 g/mol. The molecular formula is C18H23N2O+. The molecule has 0 aliphatic carbocycles. The van der Waals surface area contributed by atoms with Crippen LogP contribution in [0, 0.1) is 6.92 Å². The molecule has 0 aliphatic rings. The van der Waals surface area contributed by atoms with Crippen LogP contribution in [-0.2, 0) is 17.9 Å². The zero-order valence-electron chi connectivity index (χ0n) is 12.6. The molecule has 0 radical (unpaired) electrons. The second-order valence-electron chi connectivity index (χ2n) is 5.33. The molecule has 2 rings (SSSR count). The Morgan fingerprint density at radius 2 is 1.76 bits per heavy atom. The molecule has 0 bridgehead atoms. The maximum absolute atomic E-state index is 11.8. The minimum Gasteiger partial charge on any atom is -0.352 e. The summed E-state index contributed by atoms with van der Waals surface area (Å²) in [6.45, 7) is 3.64. The van der Waals surface area contributed by atoms with E-state index < -0.39 is 0 Å². The molecule has 0 spiro atoms. The lowest BCUT2D eigenvalue weighted by atomic mass is 10.1. The first kappa shape index (κ1) is 15.2. The summed E-state index contributed by atoms with van der Waals surface area (Å²) in [5.41, 5.74) is 2.39. The first-order chi connectivity index (χ1) is 10.2. The highest BCUT2D eigenvalue weighted by molar-refractivity contribution is 5.75. The molecule has 1 amide bonds. The summed E-state index contributed by atoms with van der Waals surface area (Å²) in [7, 11) is 0. The molecule has 0 aliphatic heterocycles. The van der Waals surface area contributed by atoms with Gasteiger partial charge in [-0.3, -0.25) is 4.79 Å². The molecule has 0 saturated heterocycles. The summed E-state index contributed by atoms with van der Waals surface area (Å²) in [4.78, 5) is 11.8. The van der Waals surface area contributed by atoms with Crippen molar-refractivity contribution in [3.8, 4) is 0 Å². The zero-order valence-corrected chi connectivity index (χ0v) is 12.6. The topological polar surface area (TPSA) is 33.0 Å². The minimum atomic E-state index is 0.133. The van der Waals surface area contributed by atoms with Crippen molar-refractivity contribution in [1.29, 1.82) is 0 Å². The maximum atomic E-state index is 11.8. The third-order valence-electron chi connectivity index (χ3n) is 3.46. The number of rotatable bonds is 7. The molecule has 1 aromatic heterocycles. The first-order valence-corrected chi connectivity index (χ1v) is 7.50. The molecule has 1 aromatic carbocycles. The third kappa shape index (κ3) is 5.78. The van der Waals surface area contributed by atoms with Crippen LogP contribution in [0.3, 0.4) is 0 Å². The number of amides is 1. The van der Waals surface area contributed by atoms with Gasteiger partial charge < -0.3 is 5.32 Å². The zero-order chi connectivity index (χ0) is 14.9. The van der Waals surface area contributed by atoms with Crippen molar-refractivity contribution in [1.82, 2.24) is 5.32 Å². The number of aryl methyl sites for hydroxylation is 2. The summed E-state index contributed by atoms with van der Waals surface area (Å²) in [6, 6.07) is 14.3. The van der Waals surface area contributed by atoms with E-state index in [-0.39, 0.29) is 5.91 Å². The predicted molar refractivity (Wildman–Crippen MR) is 83.5 cm³/mol. The second kappa shape index (κ2) is 8.20. The van der Waals surface area contributed by atoms with Crippen LogP contribution in [0.1, 0.15) is 30.4 Å². The van der Waals surface area contributed by atoms with Gasteiger partial charge in [0.25, 0.3) is 0 Å².